The Hall–Kier alpha value is -1.89. The van der Waals surface area contributed by atoms with Crippen LogP contribution in [0.25, 0.3) is 10.9 Å². The highest BCUT2D eigenvalue weighted by atomic mass is 35.5. The summed E-state index contributed by atoms with van der Waals surface area (Å²) < 4.78 is 42.3. The Balaban J connectivity index is 2.28. The third-order valence-corrected chi connectivity index (χ3v) is 5.01. The molecule has 3 aromatic rings. The van der Waals surface area contributed by atoms with Gasteiger partial charge >= 0.3 is 6.18 Å². The van der Waals surface area contributed by atoms with E-state index in [0.29, 0.717) is 0 Å². The smallest absolute Gasteiger partial charge is 0.376 e. The van der Waals surface area contributed by atoms with Gasteiger partial charge in [-0.3, -0.25) is 0 Å². The second-order valence-electron chi connectivity index (χ2n) is 5.93. The van der Waals surface area contributed by atoms with E-state index in [-0.39, 0.29) is 32.1 Å². The topological polar surface area (TPSA) is 46.0 Å². The van der Waals surface area contributed by atoms with Gasteiger partial charge in [0.15, 0.2) is 5.60 Å². The van der Waals surface area contributed by atoms with Gasteiger partial charge < -0.3 is 5.11 Å². The lowest BCUT2D eigenvalue weighted by Crippen LogP contribution is -2.47. The van der Waals surface area contributed by atoms with Crippen LogP contribution < -0.4 is 0 Å². The number of hydrogen-bond donors (Lipinski definition) is 1. The quantitative estimate of drug-likeness (QED) is 0.631. The molecule has 2 unspecified atom stereocenters. The fraction of sp³-hybridized carbons (Fsp3) is 0.222. The van der Waals surface area contributed by atoms with Crippen molar-refractivity contribution in [2.45, 2.75) is 24.6 Å². The maximum atomic E-state index is 14.1. The molecule has 0 aliphatic rings. The lowest BCUT2D eigenvalue weighted by molar-refractivity contribution is -0.274. The minimum absolute atomic E-state index is 0.0407. The molecule has 0 bridgehead atoms. The lowest BCUT2D eigenvalue weighted by atomic mass is 9.77. The monoisotopic (exact) mass is 400 g/mol. The van der Waals surface area contributed by atoms with Gasteiger partial charge in [-0.25, -0.2) is 0 Å². The van der Waals surface area contributed by atoms with Crippen molar-refractivity contribution < 1.29 is 18.3 Å². The van der Waals surface area contributed by atoms with Crippen LogP contribution in [-0.4, -0.2) is 21.5 Å². The highest BCUT2D eigenvalue weighted by Crippen LogP contribution is 2.51. The minimum atomic E-state index is -4.98. The van der Waals surface area contributed by atoms with E-state index in [1.54, 1.807) is 12.1 Å². The normalized spacial score (nSPS) is 15.7. The molecule has 0 radical (unpaired) electrons. The molecule has 0 saturated carbocycles. The predicted molar refractivity (Wildman–Crippen MR) is 94.4 cm³/mol. The van der Waals surface area contributed by atoms with Crippen molar-refractivity contribution in [3.05, 3.63) is 69.8 Å². The van der Waals surface area contributed by atoms with E-state index < -0.39 is 17.7 Å². The van der Waals surface area contributed by atoms with Crippen molar-refractivity contribution in [1.29, 1.82) is 0 Å². The molecule has 3 nitrogen and oxygen atoms in total. The standard InChI is InChI=1S/C18H13Cl2F3N2O/c1-10(12-7-6-11(19)8-15(12)20)17(26,18(21,22)23)14-9-24-25-16-5-3-2-4-13(14)16/h2-10,26H,1H3. The molecule has 1 N–H and O–H groups in total. The number of rotatable bonds is 3. The van der Waals surface area contributed by atoms with Crippen molar-refractivity contribution in [1.82, 2.24) is 10.2 Å². The fourth-order valence-corrected chi connectivity index (χ4v) is 3.59. The largest absolute Gasteiger partial charge is 0.422 e. The highest BCUT2D eigenvalue weighted by molar-refractivity contribution is 6.35. The van der Waals surface area contributed by atoms with E-state index in [4.69, 9.17) is 23.2 Å². The molecule has 0 fully saturated rings. The number of nitrogens with zero attached hydrogens (tertiary/aromatic N) is 2. The molecule has 1 aromatic heterocycles. The molecular formula is C18H13Cl2F3N2O. The first-order valence-corrected chi connectivity index (χ1v) is 8.37. The summed E-state index contributed by atoms with van der Waals surface area (Å²) in [5, 5.41) is 18.9. The summed E-state index contributed by atoms with van der Waals surface area (Å²) in [5.74, 6) is -1.42. The lowest BCUT2D eigenvalue weighted by Gasteiger charge is -2.37. The average molecular weight is 401 g/mol. The summed E-state index contributed by atoms with van der Waals surface area (Å²) in [7, 11) is 0. The number of aromatic nitrogens is 2. The molecule has 0 aliphatic heterocycles. The Bertz CT molecular complexity index is 959. The molecule has 2 atom stereocenters. The van der Waals surface area contributed by atoms with Crippen LogP contribution in [0.15, 0.2) is 48.7 Å². The van der Waals surface area contributed by atoms with Gasteiger partial charge in [0.2, 0.25) is 0 Å². The number of fused-ring (bicyclic) bond motifs is 1. The number of halogens is 5. The molecule has 2 aromatic carbocycles. The van der Waals surface area contributed by atoms with Crippen molar-refractivity contribution in [3.8, 4) is 0 Å². The van der Waals surface area contributed by atoms with Crippen molar-refractivity contribution >= 4 is 34.1 Å². The van der Waals surface area contributed by atoms with Gasteiger partial charge in [-0.2, -0.15) is 23.4 Å². The first kappa shape index (κ1) is 18.9. The Labute approximate surface area is 157 Å². The van der Waals surface area contributed by atoms with E-state index in [9.17, 15) is 18.3 Å². The van der Waals surface area contributed by atoms with Gasteiger partial charge in [0.05, 0.1) is 11.7 Å². The predicted octanol–water partition coefficient (Wildman–Crippen LogP) is 5.49. The SMILES string of the molecule is CC(c1ccc(Cl)cc1Cl)C(O)(c1cnnc2ccccc12)C(F)(F)F. The molecule has 26 heavy (non-hydrogen) atoms. The Morgan fingerprint density at radius 1 is 1.08 bits per heavy atom. The van der Waals surface area contributed by atoms with Crippen LogP contribution in [0.4, 0.5) is 13.2 Å². The van der Waals surface area contributed by atoms with Gasteiger partial charge in [0.1, 0.15) is 0 Å². The number of benzene rings is 2. The van der Waals surface area contributed by atoms with Gasteiger partial charge in [-0.05, 0) is 23.8 Å². The number of hydrogen-bond acceptors (Lipinski definition) is 3. The summed E-state index contributed by atoms with van der Waals surface area (Å²) >= 11 is 11.9. The molecule has 3 rings (SSSR count). The van der Waals surface area contributed by atoms with Crippen LogP contribution in [0, 0.1) is 0 Å². The average Bonchev–Trinajstić information content (AvgIpc) is 2.59. The summed E-state index contributed by atoms with van der Waals surface area (Å²) in [5.41, 5.74) is -3.23. The van der Waals surface area contributed by atoms with Gasteiger partial charge in [0, 0.05) is 26.9 Å². The van der Waals surface area contributed by atoms with Gasteiger partial charge in [0.25, 0.3) is 0 Å². The van der Waals surface area contributed by atoms with E-state index >= 15 is 0 Å². The summed E-state index contributed by atoms with van der Waals surface area (Å²) in [4.78, 5) is 0. The van der Waals surface area contributed by atoms with Gasteiger partial charge in [-0.15, -0.1) is 0 Å². The number of alkyl halides is 3. The van der Waals surface area contributed by atoms with Crippen LogP contribution in [0.2, 0.25) is 10.0 Å². The van der Waals surface area contributed by atoms with E-state index in [1.807, 2.05) is 0 Å². The first-order chi connectivity index (χ1) is 12.2. The molecule has 0 saturated heterocycles. The summed E-state index contributed by atoms with van der Waals surface area (Å²) in [6, 6.07) is 10.3. The maximum Gasteiger partial charge on any atom is 0.422 e. The molecule has 0 aliphatic carbocycles. The molecule has 0 amide bonds. The zero-order valence-electron chi connectivity index (χ0n) is 13.4. The molecule has 8 heteroatoms. The van der Waals surface area contributed by atoms with Crippen LogP contribution in [-0.2, 0) is 5.60 Å². The fourth-order valence-electron chi connectivity index (χ4n) is 3.02. The van der Waals surface area contributed by atoms with Crippen LogP contribution in [0.3, 0.4) is 0 Å². The first-order valence-electron chi connectivity index (χ1n) is 7.61. The third kappa shape index (κ3) is 3.02. The van der Waals surface area contributed by atoms with Gasteiger partial charge in [-0.1, -0.05) is 54.4 Å². The van der Waals surface area contributed by atoms with Crippen LogP contribution >= 0.6 is 23.2 Å². The zero-order valence-corrected chi connectivity index (χ0v) is 14.9. The maximum absolute atomic E-state index is 14.1. The van der Waals surface area contributed by atoms with E-state index in [1.165, 1.54) is 37.3 Å². The Morgan fingerprint density at radius 2 is 1.77 bits per heavy atom. The van der Waals surface area contributed by atoms with Crippen molar-refractivity contribution in [2.75, 3.05) is 0 Å². The molecule has 1 heterocycles. The molecule has 0 spiro atoms. The summed E-state index contributed by atoms with van der Waals surface area (Å²) in [6.45, 7) is 1.26. The number of aliphatic hydroxyl groups is 1. The van der Waals surface area contributed by atoms with E-state index in [2.05, 4.69) is 10.2 Å². The third-order valence-electron chi connectivity index (χ3n) is 4.44. The van der Waals surface area contributed by atoms with Crippen LogP contribution in [0.5, 0.6) is 0 Å². The van der Waals surface area contributed by atoms with Crippen LogP contribution in [0.1, 0.15) is 24.0 Å². The molecule has 136 valence electrons. The second-order valence-corrected chi connectivity index (χ2v) is 6.77. The zero-order chi connectivity index (χ0) is 19.1. The minimum Gasteiger partial charge on any atom is -0.376 e. The highest BCUT2D eigenvalue weighted by Gasteiger charge is 2.59. The van der Waals surface area contributed by atoms with E-state index in [0.717, 1.165) is 6.20 Å². The van der Waals surface area contributed by atoms with Crippen molar-refractivity contribution in [2.24, 2.45) is 0 Å². The Morgan fingerprint density at radius 3 is 2.42 bits per heavy atom. The van der Waals surface area contributed by atoms with Crippen molar-refractivity contribution in [3.63, 3.8) is 0 Å². The Kier molecular flexibility index (Phi) is 4.86. The molecular weight excluding hydrogens is 388 g/mol. The second kappa shape index (κ2) is 6.68. The summed E-state index contributed by atoms with van der Waals surface area (Å²) in [6.07, 6.45) is -4.04.